The van der Waals surface area contributed by atoms with Gasteiger partial charge < -0.3 is 19.7 Å². The van der Waals surface area contributed by atoms with Crippen LogP contribution in [0.15, 0.2) is 48.1 Å². The van der Waals surface area contributed by atoms with Crippen LogP contribution in [0.5, 0.6) is 11.6 Å². The number of carbonyl (C=O) groups is 1. The van der Waals surface area contributed by atoms with Gasteiger partial charge in [-0.05, 0) is 45.4 Å². The number of hydrogen-bond donors (Lipinski definition) is 2. The number of likely N-dealkylation sites (tertiary alicyclic amines) is 1. The number of carbonyl (C=O) groups excluding carboxylic acids is 1. The van der Waals surface area contributed by atoms with Crippen molar-refractivity contribution in [3.63, 3.8) is 0 Å². The van der Waals surface area contributed by atoms with Gasteiger partial charge in [-0.25, -0.2) is 32.6 Å². The van der Waals surface area contributed by atoms with Gasteiger partial charge in [-0.3, -0.25) is 4.72 Å². The average molecular weight is 697 g/mol. The van der Waals surface area contributed by atoms with Gasteiger partial charge in [0.2, 0.25) is 21.9 Å². The van der Waals surface area contributed by atoms with E-state index in [1.807, 2.05) is 0 Å². The topological polar surface area (TPSA) is 136 Å². The number of halogens is 4. The van der Waals surface area contributed by atoms with Crippen molar-refractivity contribution in [2.24, 2.45) is 0 Å². The SMILES string of the molecule is Cc1cc(NS(=O)(=O)CC(F)(F)F)c2ccccc2c1Oc1ncsc1-c1ccnc(N[C@H]2C[C@H](F)CN(C(=O)OC(C)(C)C)C2)n1. The molecule has 2 atom stereocenters. The number of sulfonamides is 1. The van der Waals surface area contributed by atoms with Crippen LogP contribution in [-0.2, 0) is 14.8 Å². The Morgan fingerprint density at radius 2 is 1.83 bits per heavy atom. The van der Waals surface area contributed by atoms with Gasteiger partial charge in [-0.15, -0.1) is 11.3 Å². The first kappa shape index (κ1) is 34.1. The number of rotatable bonds is 8. The Bertz CT molecular complexity index is 1880. The summed E-state index contributed by atoms with van der Waals surface area (Å²) in [6.07, 6.45) is -5.15. The molecule has 0 bridgehead atoms. The molecule has 0 aliphatic carbocycles. The monoisotopic (exact) mass is 696 g/mol. The van der Waals surface area contributed by atoms with E-state index in [1.54, 1.807) is 63.5 Å². The molecule has 252 valence electrons. The Hall–Kier alpha value is -4.25. The lowest BCUT2D eigenvalue weighted by Gasteiger charge is -2.36. The van der Waals surface area contributed by atoms with Gasteiger partial charge in [0.15, 0.2) is 5.75 Å². The third-order valence-corrected chi connectivity index (χ3v) is 8.87. The van der Waals surface area contributed by atoms with Crippen LogP contribution < -0.4 is 14.8 Å². The van der Waals surface area contributed by atoms with Gasteiger partial charge in [-0.1, -0.05) is 24.3 Å². The molecule has 0 saturated carbocycles. The van der Waals surface area contributed by atoms with Gasteiger partial charge >= 0.3 is 12.3 Å². The quantitative estimate of drug-likeness (QED) is 0.188. The minimum absolute atomic E-state index is 0.0248. The zero-order valence-electron chi connectivity index (χ0n) is 25.8. The van der Waals surface area contributed by atoms with Crippen LogP contribution in [0.1, 0.15) is 32.8 Å². The second kappa shape index (κ2) is 13.1. The Morgan fingerprint density at radius 3 is 2.53 bits per heavy atom. The van der Waals surface area contributed by atoms with Crippen LogP contribution in [0.3, 0.4) is 0 Å². The first-order valence-electron chi connectivity index (χ1n) is 14.4. The van der Waals surface area contributed by atoms with Crippen molar-refractivity contribution in [3.05, 3.63) is 53.7 Å². The van der Waals surface area contributed by atoms with Crippen LogP contribution in [-0.4, -0.2) is 77.2 Å². The molecule has 0 radical (unpaired) electrons. The van der Waals surface area contributed by atoms with Gasteiger partial charge in [0.1, 0.15) is 22.4 Å². The lowest BCUT2D eigenvalue weighted by Crippen LogP contribution is -2.51. The van der Waals surface area contributed by atoms with Gasteiger partial charge in [-0.2, -0.15) is 13.2 Å². The Morgan fingerprint density at radius 1 is 1.11 bits per heavy atom. The molecule has 11 nitrogen and oxygen atoms in total. The lowest BCUT2D eigenvalue weighted by molar-refractivity contribution is -0.106. The molecule has 5 rings (SSSR count). The molecular formula is C30H32F4N6O5S2. The number of piperidine rings is 1. The number of fused-ring (bicyclic) bond motifs is 1. The van der Waals surface area contributed by atoms with Crippen molar-refractivity contribution in [1.82, 2.24) is 19.9 Å². The average Bonchev–Trinajstić information content (AvgIpc) is 3.41. The van der Waals surface area contributed by atoms with E-state index in [0.717, 1.165) is 0 Å². The van der Waals surface area contributed by atoms with Gasteiger partial charge in [0.05, 0.1) is 23.4 Å². The predicted octanol–water partition coefficient (Wildman–Crippen LogP) is 6.92. The third-order valence-electron chi connectivity index (χ3n) is 6.81. The van der Waals surface area contributed by atoms with Crippen LogP contribution in [0.25, 0.3) is 21.3 Å². The smallest absolute Gasteiger partial charge is 0.410 e. The number of alkyl halides is 4. The van der Waals surface area contributed by atoms with Gasteiger partial charge in [0.25, 0.3) is 0 Å². The molecule has 47 heavy (non-hydrogen) atoms. The number of ether oxygens (including phenoxy) is 2. The molecule has 2 N–H and O–H groups in total. The van der Waals surface area contributed by atoms with Gasteiger partial charge in [0, 0.05) is 36.0 Å². The van der Waals surface area contributed by atoms with Crippen LogP contribution in [0, 0.1) is 6.92 Å². The summed E-state index contributed by atoms with van der Waals surface area (Å²) in [5.41, 5.74) is 1.67. The molecule has 1 saturated heterocycles. The molecular weight excluding hydrogens is 664 g/mol. The summed E-state index contributed by atoms with van der Waals surface area (Å²) in [5, 5.41) is 3.87. The minimum atomic E-state index is -4.91. The van der Waals surface area contributed by atoms with Crippen molar-refractivity contribution >= 4 is 49.9 Å². The highest BCUT2D eigenvalue weighted by Gasteiger charge is 2.36. The Balaban J connectivity index is 1.38. The molecule has 1 amide bonds. The first-order valence-corrected chi connectivity index (χ1v) is 16.9. The second-order valence-corrected chi connectivity index (χ2v) is 14.6. The molecule has 2 aromatic carbocycles. The number of aryl methyl sites for hydroxylation is 1. The summed E-state index contributed by atoms with van der Waals surface area (Å²) in [6, 6.07) is 9.07. The van der Waals surface area contributed by atoms with Crippen molar-refractivity contribution in [1.29, 1.82) is 0 Å². The number of hydrogen-bond acceptors (Lipinski definition) is 10. The number of nitrogens with one attached hydrogen (secondary N) is 2. The number of thiazole rings is 1. The first-order chi connectivity index (χ1) is 22.0. The van der Waals surface area contributed by atoms with E-state index >= 15 is 0 Å². The van der Waals surface area contributed by atoms with Crippen molar-refractivity contribution < 1.29 is 40.2 Å². The summed E-state index contributed by atoms with van der Waals surface area (Å²) in [5.74, 6) is -1.34. The maximum absolute atomic E-state index is 14.6. The second-order valence-electron chi connectivity index (χ2n) is 12.0. The van der Waals surface area contributed by atoms with E-state index in [9.17, 15) is 30.8 Å². The maximum Gasteiger partial charge on any atom is 0.410 e. The van der Waals surface area contributed by atoms with Crippen molar-refractivity contribution in [2.45, 2.75) is 58.1 Å². The fourth-order valence-corrected chi connectivity index (χ4v) is 6.75. The number of benzene rings is 2. The lowest BCUT2D eigenvalue weighted by atomic mass is 10.0. The summed E-state index contributed by atoms with van der Waals surface area (Å²) in [4.78, 5) is 27.6. The van der Waals surface area contributed by atoms with E-state index in [0.29, 0.717) is 32.7 Å². The van der Waals surface area contributed by atoms with E-state index in [4.69, 9.17) is 9.47 Å². The number of anilines is 2. The molecule has 17 heteroatoms. The maximum atomic E-state index is 14.6. The van der Waals surface area contributed by atoms with E-state index < -0.39 is 45.9 Å². The van der Waals surface area contributed by atoms with Crippen LogP contribution in [0.2, 0.25) is 0 Å². The number of amides is 1. The summed E-state index contributed by atoms with van der Waals surface area (Å²) in [7, 11) is -4.73. The molecule has 2 aromatic heterocycles. The Kier molecular flexibility index (Phi) is 9.50. The van der Waals surface area contributed by atoms with E-state index in [1.165, 1.54) is 28.5 Å². The number of nitrogens with zero attached hydrogens (tertiary/aromatic N) is 4. The van der Waals surface area contributed by atoms with Crippen LogP contribution >= 0.6 is 11.3 Å². The van der Waals surface area contributed by atoms with E-state index in [-0.39, 0.29) is 37.0 Å². The fraction of sp³-hybridized carbons (Fsp3) is 0.400. The van der Waals surface area contributed by atoms with Crippen molar-refractivity contribution in [3.8, 4) is 22.2 Å². The third kappa shape index (κ3) is 8.77. The molecule has 0 spiro atoms. The van der Waals surface area contributed by atoms with E-state index in [2.05, 4.69) is 25.0 Å². The molecule has 0 unspecified atom stereocenters. The summed E-state index contributed by atoms with van der Waals surface area (Å²) < 4.78 is 91.4. The van der Waals surface area contributed by atoms with Crippen LogP contribution in [0.4, 0.5) is 34.0 Å². The zero-order chi connectivity index (χ0) is 34.1. The molecule has 4 aromatic rings. The molecule has 1 aliphatic rings. The molecule has 1 aliphatic heterocycles. The Labute approximate surface area is 272 Å². The number of aromatic nitrogens is 3. The highest BCUT2D eigenvalue weighted by Crippen LogP contribution is 2.41. The fourth-order valence-electron chi connectivity index (χ4n) is 5.06. The zero-order valence-corrected chi connectivity index (χ0v) is 27.4. The minimum Gasteiger partial charge on any atom is -0.444 e. The molecule has 1 fully saturated rings. The predicted molar refractivity (Wildman–Crippen MR) is 170 cm³/mol. The normalized spacial score (nSPS) is 17.4. The largest absolute Gasteiger partial charge is 0.444 e. The standard InChI is InChI=1S/C30H32F4N6O5S2/c1-17-11-23(39-47(42,43)15-30(32,33)34)20-7-5-6-8-21(20)24(17)44-26-25(46-16-36-26)22-9-10-35-27(38-22)37-19-12-18(31)13-40(14-19)28(41)45-29(2,3)4/h5-11,16,18-19,39H,12-15H2,1-4H3,(H,35,37,38)/t18-,19-/m0/s1. The highest BCUT2D eigenvalue weighted by molar-refractivity contribution is 7.92. The highest BCUT2D eigenvalue weighted by atomic mass is 32.2. The molecule has 3 heterocycles. The van der Waals surface area contributed by atoms with Crippen molar-refractivity contribution in [2.75, 3.05) is 28.9 Å². The summed E-state index contributed by atoms with van der Waals surface area (Å²) >= 11 is 1.23. The summed E-state index contributed by atoms with van der Waals surface area (Å²) in [6.45, 7) is 6.95.